The number of aromatic nitrogens is 2. The number of halogens is 5. The number of aryl methyl sites for hydroxylation is 1. The Morgan fingerprint density at radius 3 is 2.14 bits per heavy atom. The molecule has 0 unspecified atom stereocenters. The predicted octanol–water partition coefficient (Wildman–Crippen LogP) is 1.44. The standard InChI is InChI=1S/C10H5F5N2O4S/c1-17-9(18)5-3-7(12)6(11)2-4(5)8(16-17)21-22(19,20)10(13,14)15/h2-3H,1H3. The second-order valence-electron chi connectivity index (χ2n) is 4.03. The summed E-state index contributed by atoms with van der Waals surface area (Å²) in [6.45, 7) is 0. The lowest BCUT2D eigenvalue weighted by molar-refractivity contribution is -0.0501. The number of nitrogens with zero attached hydrogens (tertiary/aromatic N) is 2. The van der Waals surface area contributed by atoms with Gasteiger partial charge < -0.3 is 4.18 Å². The van der Waals surface area contributed by atoms with Crippen LogP contribution in [0.25, 0.3) is 10.8 Å². The molecule has 0 saturated carbocycles. The Morgan fingerprint density at radius 1 is 1.14 bits per heavy atom. The first-order valence-corrected chi connectivity index (χ1v) is 6.71. The van der Waals surface area contributed by atoms with E-state index < -0.39 is 49.5 Å². The van der Waals surface area contributed by atoms with E-state index in [9.17, 15) is 35.2 Å². The number of rotatable bonds is 2. The van der Waals surface area contributed by atoms with E-state index in [0.29, 0.717) is 16.8 Å². The lowest BCUT2D eigenvalue weighted by atomic mass is 10.2. The topological polar surface area (TPSA) is 78.3 Å². The van der Waals surface area contributed by atoms with Gasteiger partial charge in [0, 0.05) is 7.05 Å². The van der Waals surface area contributed by atoms with Crippen LogP contribution in [0, 0.1) is 11.6 Å². The molecule has 0 spiro atoms. The average molecular weight is 344 g/mol. The van der Waals surface area contributed by atoms with Gasteiger partial charge in [-0.2, -0.15) is 21.6 Å². The van der Waals surface area contributed by atoms with Crippen LogP contribution >= 0.6 is 0 Å². The molecule has 0 bridgehead atoms. The molecule has 1 aromatic carbocycles. The molecule has 2 rings (SSSR count). The number of hydrogen-bond acceptors (Lipinski definition) is 5. The zero-order valence-electron chi connectivity index (χ0n) is 10.5. The van der Waals surface area contributed by atoms with Crippen LogP contribution < -0.4 is 9.74 Å². The molecule has 22 heavy (non-hydrogen) atoms. The van der Waals surface area contributed by atoms with Crippen LogP contribution in [0.2, 0.25) is 0 Å². The third-order valence-electron chi connectivity index (χ3n) is 2.53. The lowest BCUT2D eigenvalue weighted by Gasteiger charge is -2.11. The first kappa shape index (κ1) is 16.1. The van der Waals surface area contributed by atoms with Crippen molar-refractivity contribution in [3.63, 3.8) is 0 Å². The molecule has 0 aliphatic carbocycles. The van der Waals surface area contributed by atoms with Gasteiger partial charge >= 0.3 is 15.6 Å². The van der Waals surface area contributed by atoms with E-state index in [1.54, 1.807) is 0 Å². The van der Waals surface area contributed by atoms with E-state index in [-0.39, 0.29) is 0 Å². The summed E-state index contributed by atoms with van der Waals surface area (Å²) in [5, 5.41) is 1.88. The predicted molar refractivity (Wildman–Crippen MR) is 62.5 cm³/mol. The van der Waals surface area contributed by atoms with E-state index in [4.69, 9.17) is 0 Å². The van der Waals surface area contributed by atoms with Gasteiger partial charge in [-0.3, -0.25) is 4.79 Å². The summed E-state index contributed by atoms with van der Waals surface area (Å²) in [6.07, 6.45) is 0. The van der Waals surface area contributed by atoms with Gasteiger partial charge in [-0.1, -0.05) is 0 Å². The van der Waals surface area contributed by atoms with Crippen molar-refractivity contribution in [1.82, 2.24) is 9.78 Å². The van der Waals surface area contributed by atoms with Crippen LogP contribution in [-0.2, 0) is 17.2 Å². The fourth-order valence-corrected chi connectivity index (χ4v) is 1.95. The summed E-state index contributed by atoms with van der Waals surface area (Å²) in [4.78, 5) is 11.7. The van der Waals surface area contributed by atoms with Crippen molar-refractivity contribution < 1.29 is 34.6 Å². The van der Waals surface area contributed by atoms with E-state index in [0.717, 1.165) is 7.05 Å². The quantitative estimate of drug-likeness (QED) is 0.468. The van der Waals surface area contributed by atoms with Crippen molar-refractivity contribution in [1.29, 1.82) is 0 Å². The minimum absolute atomic E-state index is 0.320. The second kappa shape index (κ2) is 4.90. The fourth-order valence-electron chi connectivity index (χ4n) is 1.52. The summed E-state index contributed by atoms with van der Waals surface area (Å²) >= 11 is 0. The third kappa shape index (κ3) is 2.61. The van der Waals surface area contributed by atoms with Gasteiger partial charge in [0.2, 0.25) is 0 Å². The second-order valence-corrected chi connectivity index (χ2v) is 5.57. The first-order chi connectivity index (χ1) is 9.94. The van der Waals surface area contributed by atoms with E-state index in [1.165, 1.54) is 0 Å². The summed E-state index contributed by atoms with van der Waals surface area (Å²) < 4.78 is 89.4. The van der Waals surface area contributed by atoms with Crippen molar-refractivity contribution in [2.24, 2.45) is 7.05 Å². The van der Waals surface area contributed by atoms with Crippen LogP contribution in [0.15, 0.2) is 16.9 Å². The van der Waals surface area contributed by atoms with Gasteiger partial charge in [-0.05, 0) is 12.1 Å². The van der Waals surface area contributed by atoms with Crippen molar-refractivity contribution in [3.05, 3.63) is 34.1 Å². The molecule has 0 fully saturated rings. The first-order valence-electron chi connectivity index (χ1n) is 5.31. The maximum absolute atomic E-state index is 13.2. The fraction of sp³-hybridized carbons (Fsp3) is 0.200. The molecule has 1 aromatic heterocycles. The van der Waals surface area contributed by atoms with Gasteiger partial charge in [0.25, 0.3) is 11.4 Å². The minimum atomic E-state index is -6.09. The molecular formula is C10H5F5N2O4S. The maximum Gasteiger partial charge on any atom is 0.534 e. The van der Waals surface area contributed by atoms with Crippen molar-refractivity contribution in [2.45, 2.75) is 5.51 Å². The molecule has 0 aliphatic rings. The van der Waals surface area contributed by atoms with Gasteiger partial charge in [-0.25, -0.2) is 13.5 Å². The highest BCUT2D eigenvalue weighted by molar-refractivity contribution is 7.88. The van der Waals surface area contributed by atoms with Crippen molar-refractivity contribution >= 4 is 20.9 Å². The summed E-state index contributed by atoms with van der Waals surface area (Å²) in [6, 6.07) is 0.724. The minimum Gasteiger partial charge on any atom is -0.353 e. The Labute approximate surface area is 118 Å². The van der Waals surface area contributed by atoms with Gasteiger partial charge in [0.1, 0.15) is 0 Å². The van der Waals surface area contributed by atoms with Crippen molar-refractivity contribution in [2.75, 3.05) is 0 Å². The van der Waals surface area contributed by atoms with Crippen LogP contribution in [0.5, 0.6) is 5.88 Å². The molecule has 1 heterocycles. The van der Waals surface area contributed by atoms with Gasteiger partial charge in [-0.15, -0.1) is 5.10 Å². The van der Waals surface area contributed by atoms with Crippen molar-refractivity contribution in [3.8, 4) is 5.88 Å². The molecule has 0 radical (unpaired) electrons. The van der Waals surface area contributed by atoms with Crippen LogP contribution in [0.1, 0.15) is 0 Å². The Bertz CT molecular complexity index is 920. The number of alkyl halides is 3. The summed E-state index contributed by atoms with van der Waals surface area (Å²) in [5.74, 6) is -4.16. The molecule has 0 saturated heterocycles. The highest BCUT2D eigenvalue weighted by Crippen LogP contribution is 2.29. The largest absolute Gasteiger partial charge is 0.534 e. The van der Waals surface area contributed by atoms with E-state index in [2.05, 4.69) is 9.28 Å². The zero-order chi connectivity index (χ0) is 16.9. The van der Waals surface area contributed by atoms with Gasteiger partial charge in [0.05, 0.1) is 10.8 Å². The average Bonchev–Trinajstić information content (AvgIpc) is 2.36. The highest BCUT2D eigenvalue weighted by Gasteiger charge is 2.49. The molecule has 120 valence electrons. The molecular weight excluding hydrogens is 339 g/mol. The van der Waals surface area contributed by atoms with Crippen LogP contribution in [0.3, 0.4) is 0 Å². The zero-order valence-corrected chi connectivity index (χ0v) is 11.3. The summed E-state index contributed by atoms with van der Waals surface area (Å²) in [5.41, 5.74) is -6.74. The molecule has 0 amide bonds. The SMILES string of the molecule is Cn1nc(OS(=O)(=O)C(F)(F)F)c2cc(F)c(F)cc2c1=O. The smallest absolute Gasteiger partial charge is 0.353 e. The number of fused-ring (bicyclic) bond motifs is 1. The molecule has 0 N–H and O–H groups in total. The molecule has 12 heteroatoms. The number of hydrogen-bond donors (Lipinski definition) is 0. The lowest BCUT2D eigenvalue weighted by Crippen LogP contribution is -2.30. The summed E-state index contributed by atoms with van der Waals surface area (Å²) in [7, 11) is -5.12. The molecule has 6 nitrogen and oxygen atoms in total. The van der Waals surface area contributed by atoms with E-state index >= 15 is 0 Å². The molecule has 0 atom stereocenters. The Morgan fingerprint density at radius 2 is 1.64 bits per heavy atom. The Kier molecular flexibility index (Phi) is 3.59. The van der Waals surface area contributed by atoms with E-state index in [1.807, 2.05) is 0 Å². The molecule has 2 aromatic rings. The maximum atomic E-state index is 13.2. The third-order valence-corrected chi connectivity index (χ3v) is 3.47. The number of benzene rings is 1. The Balaban J connectivity index is 2.78. The highest BCUT2D eigenvalue weighted by atomic mass is 32.2. The van der Waals surface area contributed by atoms with Gasteiger partial charge in [0.15, 0.2) is 11.6 Å². The van der Waals surface area contributed by atoms with Crippen LogP contribution in [-0.4, -0.2) is 23.7 Å². The Hall–Kier alpha value is -2.24. The normalized spacial score (nSPS) is 12.6. The monoisotopic (exact) mass is 344 g/mol. The van der Waals surface area contributed by atoms with Crippen LogP contribution in [0.4, 0.5) is 22.0 Å². The molecule has 0 aliphatic heterocycles.